The van der Waals surface area contributed by atoms with E-state index in [0.717, 1.165) is 12.0 Å². The van der Waals surface area contributed by atoms with Crippen LogP contribution in [-0.4, -0.2) is 17.4 Å². The predicted octanol–water partition coefficient (Wildman–Crippen LogP) is 4.66. The molecule has 1 aromatic carbocycles. The number of benzene rings is 1. The maximum Gasteiger partial charge on any atom is 0.257 e. The Morgan fingerprint density at radius 1 is 1.30 bits per heavy atom. The standard InChI is InChI=1S/C17H20Cl2N2O2/c1-3-6-21(17(22)13-7-14(9-20)23-10-13)11(2)12-4-5-15(18)16(19)8-12/h4-5,7-8,10-11H,3,6,9,20H2,1-2H3. The third-order valence-electron chi connectivity index (χ3n) is 3.72. The number of hydrogen-bond donors (Lipinski definition) is 1. The third-order valence-corrected chi connectivity index (χ3v) is 4.46. The first-order valence-corrected chi connectivity index (χ1v) is 8.26. The van der Waals surface area contributed by atoms with Crippen LogP contribution in [0.3, 0.4) is 0 Å². The molecule has 0 bridgehead atoms. The van der Waals surface area contributed by atoms with Gasteiger partial charge in [0, 0.05) is 6.54 Å². The van der Waals surface area contributed by atoms with Crippen LogP contribution in [0.5, 0.6) is 0 Å². The smallest absolute Gasteiger partial charge is 0.257 e. The highest BCUT2D eigenvalue weighted by Crippen LogP contribution is 2.29. The van der Waals surface area contributed by atoms with Crippen molar-refractivity contribution in [2.24, 2.45) is 5.73 Å². The van der Waals surface area contributed by atoms with Gasteiger partial charge in [-0.15, -0.1) is 0 Å². The van der Waals surface area contributed by atoms with Crippen molar-refractivity contribution in [1.82, 2.24) is 4.90 Å². The molecule has 2 N–H and O–H groups in total. The maximum absolute atomic E-state index is 12.8. The van der Waals surface area contributed by atoms with Crippen molar-refractivity contribution in [3.05, 3.63) is 57.5 Å². The summed E-state index contributed by atoms with van der Waals surface area (Å²) in [5.41, 5.74) is 6.97. The van der Waals surface area contributed by atoms with E-state index < -0.39 is 0 Å². The molecule has 1 atom stereocenters. The zero-order valence-electron chi connectivity index (χ0n) is 13.2. The van der Waals surface area contributed by atoms with E-state index in [2.05, 4.69) is 0 Å². The Kier molecular flexibility index (Phi) is 6.10. The predicted molar refractivity (Wildman–Crippen MR) is 92.8 cm³/mol. The van der Waals surface area contributed by atoms with Gasteiger partial charge in [0.15, 0.2) is 0 Å². The molecule has 0 saturated carbocycles. The van der Waals surface area contributed by atoms with Crippen molar-refractivity contribution in [3.63, 3.8) is 0 Å². The number of furan rings is 1. The summed E-state index contributed by atoms with van der Waals surface area (Å²) < 4.78 is 5.27. The first kappa shape index (κ1) is 17.9. The summed E-state index contributed by atoms with van der Waals surface area (Å²) in [6, 6.07) is 6.98. The summed E-state index contributed by atoms with van der Waals surface area (Å²) >= 11 is 12.1. The van der Waals surface area contributed by atoms with Gasteiger partial charge in [-0.25, -0.2) is 0 Å². The van der Waals surface area contributed by atoms with Crippen molar-refractivity contribution < 1.29 is 9.21 Å². The van der Waals surface area contributed by atoms with Crippen LogP contribution in [0.4, 0.5) is 0 Å². The molecule has 2 rings (SSSR count). The number of nitrogens with zero attached hydrogens (tertiary/aromatic N) is 1. The molecule has 0 fully saturated rings. The lowest BCUT2D eigenvalue weighted by Crippen LogP contribution is -2.34. The zero-order valence-corrected chi connectivity index (χ0v) is 14.7. The van der Waals surface area contributed by atoms with Crippen LogP contribution in [0.2, 0.25) is 10.0 Å². The molecule has 0 spiro atoms. The topological polar surface area (TPSA) is 59.5 Å². The minimum absolute atomic E-state index is 0.0890. The highest BCUT2D eigenvalue weighted by molar-refractivity contribution is 6.42. The van der Waals surface area contributed by atoms with Crippen LogP contribution in [0.25, 0.3) is 0 Å². The molecule has 1 amide bonds. The van der Waals surface area contributed by atoms with Gasteiger partial charge in [0.2, 0.25) is 0 Å². The molecule has 124 valence electrons. The zero-order chi connectivity index (χ0) is 17.0. The fourth-order valence-corrected chi connectivity index (χ4v) is 2.74. The number of carbonyl (C=O) groups excluding carboxylic acids is 1. The lowest BCUT2D eigenvalue weighted by atomic mass is 10.1. The fourth-order valence-electron chi connectivity index (χ4n) is 2.43. The molecule has 4 nitrogen and oxygen atoms in total. The van der Waals surface area contributed by atoms with Crippen LogP contribution >= 0.6 is 23.2 Å². The number of carbonyl (C=O) groups is 1. The van der Waals surface area contributed by atoms with Crippen molar-refractivity contribution in [3.8, 4) is 0 Å². The maximum atomic E-state index is 12.8. The van der Waals surface area contributed by atoms with Gasteiger partial charge in [0.1, 0.15) is 12.0 Å². The average Bonchev–Trinajstić information content (AvgIpc) is 3.03. The van der Waals surface area contributed by atoms with E-state index in [1.807, 2.05) is 19.9 Å². The van der Waals surface area contributed by atoms with Gasteiger partial charge in [-0.05, 0) is 37.1 Å². The van der Waals surface area contributed by atoms with Crippen molar-refractivity contribution in [1.29, 1.82) is 0 Å². The van der Waals surface area contributed by atoms with Gasteiger partial charge < -0.3 is 15.1 Å². The summed E-state index contributed by atoms with van der Waals surface area (Å²) in [6.45, 7) is 4.90. The number of nitrogens with two attached hydrogens (primary N) is 1. The van der Waals surface area contributed by atoms with Gasteiger partial charge in [0.05, 0.1) is 28.2 Å². The van der Waals surface area contributed by atoms with Crippen LogP contribution < -0.4 is 5.73 Å². The third kappa shape index (κ3) is 4.08. The number of hydrogen-bond acceptors (Lipinski definition) is 3. The Balaban J connectivity index is 2.28. The van der Waals surface area contributed by atoms with Gasteiger partial charge in [-0.3, -0.25) is 4.79 Å². The van der Waals surface area contributed by atoms with Gasteiger partial charge in [-0.1, -0.05) is 36.2 Å². The minimum atomic E-state index is -0.131. The largest absolute Gasteiger partial charge is 0.467 e. The summed E-state index contributed by atoms with van der Waals surface area (Å²) in [5.74, 6) is 0.501. The van der Waals surface area contributed by atoms with Crippen molar-refractivity contribution in [2.75, 3.05) is 6.54 Å². The first-order chi connectivity index (χ1) is 11.0. The summed E-state index contributed by atoms with van der Waals surface area (Å²) in [7, 11) is 0. The molecule has 0 aliphatic heterocycles. The Bertz CT molecular complexity index is 685. The Morgan fingerprint density at radius 3 is 2.61 bits per heavy atom. The molecule has 23 heavy (non-hydrogen) atoms. The molecule has 0 aliphatic rings. The second kappa shape index (κ2) is 7.86. The Hall–Kier alpha value is -1.49. The molecule has 2 aromatic rings. The fraction of sp³-hybridized carbons (Fsp3) is 0.353. The second-order valence-electron chi connectivity index (χ2n) is 5.35. The lowest BCUT2D eigenvalue weighted by molar-refractivity contribution is 0.0690. The highest BCUT2D eigenvalue weighted by Gasteiger charge is 2.24. The monoisotopic (exact) mass is 354 g/mol. The van der Waals surface area contributed by atoms with Crippen molar-refractivity contribution >= 4 is 29.1 Å². The van der Waals surface area contributed by atoms with Gasteiger partial charge in [0.25, 0.3) is 5.91 Å². The van der Waals surface area contributed by atoms with Crippen molar-refractivity contribution in [2.45, 2.75) is 32.9 Å². The second-order valence-corrected chi connectivity index (χ2v) is 6.17. The quantitative estimate of drug-likeness (QED) is 0.820. The Labute approximate surface area is 146 Å². The molecule has 0 aliphatic carbocycles. The van der Waals surface area contributed by atoms with E-state index in [1.54, 1.807) is 23.1 Å². The van der Waals surface area contributed by atoms with Gasteiger partial charge in [-0.2, -0.15) is 0 Å². The molecule has 1 heterocycles. The van der Waals surface area contributed by atoms with E-state index in [1.165, 1.54) is 6.26 Å². The number of amides is 1. The lowest BCUT2D eigenvalue weighted by Gasteiger charge is -2.29. The summed E-state index contributed by atoms with van der Waals surface area (Å²) in [5, 5.41) is 0.979. The number of halogens is 2. The highest BCUT2D eigenvalue weighted by atomic mass is 35.5. The van der Waals surface area contributed by atoms with E-state index in [4.69, 9.17) is 33.4 Å². The van der Waals surface area contributed by atoms with E-state index >= 15 is 0 Å². The molecular weight excluding hydrogens is 335 g/mol. The molecule has 0 radical (unpaired) electrons. The summed E-state index contributed by atoms with van der Waals surface area (Å²) in [6.07, 6.45) is 2.30. The van der Waals surface area contributed by atoms with E-state index in [0.29, 0.717) is 27.9 Å². The Morgan fingerprint density at radius 2 is 2.04 bits per heavy atom. The average molecular weight is 355 g/mol. The van der Waals surface area contributed by atoms with E-state index in [-0.39, 0.29) is 18.5 Å². The van der Waals surface area contributed by atoms with Crippen LogP contribution in [-0.2, 0) is 6.54 Å². The first-order valence-electron chi connectivity index (χ1n) is 7.51. The molecule has 6 heteroatoms. The summed E-state index contributed by atoms with van der Waals surface area (Å²) in [4.78, 5) is 14.6. The minimum Gasteiger partial charge on any atom is -0.467 e. The SMILES string of the molecule is CCCN(C(=O)c1coc(CN)c1)C(C)c1ccc(Cl)c(Cl)c1. The molecule has 1 unspecified atom stereocenters. The van der Waals surface area contributed by atoms with Crippen LogP contribution in [0.15, 0.2) is 34.9 Å². The van der Waals surface area contributed by atoms with Crippen LogP contribution in [0, 0.1) is 0 Å². The molecule has 0 saturated heterocycles. The molecule has 1 aromatic heterocycles. The van der Waals surface area contributed by atoms with Crippen LogP contribution in [0.1, 0.15) is 48.0 Å². The number of rotatable bonds is 6. The molecular formula is C17H20Cl2N2O2. The van der Waals surface area contributed by atoms with Gasteiger partial charge >= 0.3 is 0 Å². The van der Waals surface area contributed by atoms with E-state index in [9.17, 15) is 4.79 Å². The normalized spacial score (nSPS) is 12.2.